The summed E-state index contributed by atoms with van der Waals surface area (Å²) in [5, 5.41) is 11.0. The van der Waals surface area contributed by atoms with Crippen molar-refractivity contribution in [2.45, 2.75) is 49.3 Å². The van der Waals surface area contributed by atoms with Gasteiger partial charge in [0.05, 0.1) is 22.5 Å². The molecule has 0 atom stereocenters. The number of carbonyl (C=O) groups is 4. The van der Waals surface area contributed by atoms with Gasteiger partial charge in [-0.1, -0.05) is 35.4 Å². The second-order valence-corrected chi connectivity index (χ2v) is 16.6. The summed E-state index contributed by atoms with van der Waals surface area (Å²) in [7, 11) is -7.39. The molecule has 0 saturated heterocycles. The summed E-state index contributed by atoms with van der Waals surface area (Å²) in [6.07, 6.45) is 1.49. The monoisotopic (exact) mass is 856 g/mol. The third-order valence-electron chi connectivity index (χ3n) is 9.32. The number of carbonyl (C=O) groups excluding carboxylic acids is 4. The Morgan fingerprint density at radius 1 is 0.533 bits per heavy atom. The SMILES string of the molecule is COc1cc(C(=O)Nc2ccc(C(=O)NCCCc3cc(C)ccc3S(=O)(=O)O)cc2)ccc1C(=O)Nc1ccc(C(=O)NCCCc2cc(C)ccc2S(=O)(=O)O)cc1. The second-order valence-electron chi connectivity index (χ2n) is 13.9. The van der Waals surface area contributed by atoms with E-state index < -0.39 is 32.1 Å². The number of amides is 4. The van der Waals surface area contributed by atoms with E-state index in [2.05, 4.69) is 21.3 Å². The topological polar surface area (TPSA) is 234 Å². The third-order valence-corrected chi connectivity index (χ3v) is 11.2. The Kier molecular flexibility index (Phi) is 14.6. The van der Waals surface area contributed by atoms with E-state index in [0.717, 1.165) is 11.1 Å². The van der Waals surface area contributed by atoms with Crippen molar-refractivity contribution in [3.8, 4) is 5.75 Å². The van der Waals surface area contributed by atoms with Gasteiger partial charge in [0.1, 0.15) is 5.75 Å². The summed E-state index contributed by atoms with van der Waals surface area (Å²) in [6.45, 7) is 4.12. The largest absolute Gasteiger partial charge is 0.496 e. The number of aryl methyl sites for hydroxylation is 4. The van der Waals surface area contributed by atoms with Crippen molar-refractivity contribution < 1.29 is 49.9 Å². The fraction of sp³-hybridized carbons (Fsp3) is 0.209. The molecule has 5 aromatic rings. The van der Waals surface area contributed by atoms with Crippen molar-refractivity contribution in [2.75, 3.05) is 30.8 Å². The lowest BCUT2D eigenvalue weighted by Gasteiger charge is -2.12. The van der Waals surface area contributed by atoms with E-state index in [1.54, 1.807) is 48.5 Å². The lowest BCUT2D eigenvalue weighted by Crippen LogP contribution is -2.25. The van der Waals surface area contributed by atoms with Crippen LogP contribution in [0.5, 0.6) is 5.75 Å². The summed E-state index contributed by atoms with van der Waals surface area (Å²) >= 11 is 0. The molecule has 5 aromatic carbocycles. The zero-order valence-electron chi connectivity index (χ0n) is 32.9. The highest BCUT2D eigenvalue weighted by molar-refractivity contribution is 7.86. The molecule has 60 heavy (non-hydrogen) atoms. The first-order valence-corrected chi connectivity index (χ1v) is 21.5. The Bertz CT molecular complexity index is 2630. The van der Waals surface area contributed by atoms with Crippen molar-refractivity contribution in [3.05, 3.63) is 148 Å². The van der Waals surface area contributed by atoms with Crippen molar-refractivity contribution in [2.24, 2.45) is 0 Å². The number of rotatable bonds is 17. The molecule has 0 aromatic heterocycles. The Morgan fingerprint density at radius 3 is 1.37 bits per heavy atom. The number of nitrogens with one attached hydrogen (secondary N) is 4. The number of benzene rings is 5. The highest BCUT2D eigenvalue weighted by Gasteiger charge is 2.19. The van der Waals surface area contributed by atoms with E-state index in [0.29, 0.717) is 59.3 Å². The minimum Gasteiger partial charge on any atom is -0.496 e. The van der Waals surface area contributed by atoms with Crippen molar-refractivity contribution in [3.63, 3.8) is 0 Å². The number of hydrogen-bond acceptors (Lipinski definition) is 9. The average molecular weight is 857 g/mol. The molecule has 0 saturated carbocycles. The van der Waals surface area contributed by atoms with Crippen LogP contribution in [0.3, 0.4) is 0 Å². The summed E-state index contributed by atoms with van der Waals surface area (Å²) in [6, 6.07) is 25.9. The molecule has 0 bridgehead atoms. The summed E-state index contributed by atoms with van der Waals surface area (Å²) in [5.74, 6) is -1.62. The van der Waals surface area contributed by atoms with Gasteiger partial charge in [0.15, 0.2) is 0 Å². The van der Waals surface area contributed by atoms with Crippen LogP contribution in [0, 0.1) is 13.8 Å². The first-order chi connectivity index (χ1) is 28.4. The summed E-state index contributed by atoms with van der Waals surface area (Å²) in [5.41, 5.74) is 4.41. The van der Waals surface area contributed by atoms with Gasteiger partial charge in [-0.05, 0) is 130 Å². The predicted molar refractivity (Wildman–Crippen MR) is 225 cm³/mol. The molecule has 15 nitrogen and oxygen atoms in total. The van der Waals surface area contributed by atoms with E-state index in [9.17, 15) is 45.1 Å². The molecule has 314 valence electrons. The zero-order chi connectivity index (χ0) is 43.6. The van der Waals surface area contributed by atoms with Gasteiger partial charge < -0.3 is 26.0 Å². The molecule has 0 aliphatic carbocycles. The number of ether oxygens (including phenoxy) is 1. The van der Waals surface area contributed by atoms with Crippen LogP contribution < -0.4 is 26.0 Å². The maximum atomic E-state index is 13.2. The fourth-order valence-electron chi connectivity index (χ4n) is 6.31. The van der Waals surface area contributed by atoms with E-state index in [1.165, 1.54) is 61.7 Å². The molecule has 0 heterocycles. The van der Waals surface area contributed by atoms with Crippen LogP contribution in [0.15, 0.2) is 113 Å². The van der Waals surface area contributed by atoms with Crippen LogP contribution in [0.1, 0.15) is 76.5 Å². The lowest BCUT2D eigenvalue weighted by molar-refractivity contribution is 0.0945. The minimum atomic E-state index is -4.37. The van der Waals surface area contributed by atoms with E-state index in [1.807, 2.05) is 13.8 Å². The molecular weight excluding hydrogens is 813 g/mol. The summed E-state index contributed by atoms with van der Waals surface area (Å²) < 4.78 is 71.3. The molecule has 0 radical (unpaired) electrons. The van der Waals surface area contributed by atoms with Crippen LogP contribution >= 0.6 is 0 Å². The Morgan fingerprint density at radius 2 is 0.950 bits per heavy atom. The first kappa shape index (κ1) is 44.7. The molecule has 6 N–H and O–H groups in total. The molecule has 5 rings (SSSR count). The van der Waals surface area contributed by atoms with Gasteiger partial charge in [0.2, 0.25) is 0 Å². The highest BCUT2D eigenvalue weighted by atomic mass is 32.2. The highest BCUT2D eigenvalue weighted by Crippen LogP contribution is 2.24. The lowest BCUT2D eigenvalue weighted by atomic mass is 10.1. The van der Waals surface area contributed by atoms with E-state index in [-0.39, 0.29) is 51.6 Å². The molecule has 0 aliphatic rings. The van der Waals surface area contributed by atoms with Crippen LogP contribution in [-0.2, 0) is 33.1 Å². The second kappa shape index (κ2) is 19.6. The van der Waals surface area contributed by atoms with Gasteiger partial charge in [-0.15, -0.1) is 0 Å². The first-order valence-electron chi connectivity index (χ1n) is 18.6. The van der Waals surface area contributed by atoms with Crippen LogP contribution in [0.25, 0.3) is 0 Å². The predicted octanol–water partition coefficient (Wildman–Crippen LogP) is 6.04. The molecular formula is C43H44N4O11S2. The van der Waals surface area contributed by atoms with Crippen LogP contribution in [-0.4, -0.2) is 69.8 Å². The molecule has 0 spiro atoms. The number of anilines is 2. The van der Waals surface area contributed by atoms with Crippen LogP contribution in [0.2, 0.25) is 0 Å². The van der Waals surface area contributed by atoms with E-state index in [4.69, 9.17) is 4.74 Å². The molecule has 0 unspecified atom stereocenters. The van der Waals surface area contributed by atoms with Gasteiger partial charge in [0, 0.05) is 41.2 Å². The molecule has 0 fully saturated rings. The van der Waals surface area contributed by atoms with Gasteiger partial charge >= 0.3 is 0 Å². The smallest absolute Gasteiger partial charge is 0.294 e. The van der Waals surface area contributed by atoms with Crippen molar-refractivity contribution in [1.29, 1.82) is 0 Å². The van der Waals surface area contributed by atoms with Gasteiger partial charge in [-0.2, -0.15) is 16.8 Å². The van der Waals surface area contributed by atoms with Gasteiger partial charge in [-0.3, -0.25) is 28.3 Å². The quantitative estimate of drug-likeness (QED) is 0.0466. The third kappa shape index (κ3) is 12.1. The number of methoxy groups -OCH3 is 1. The maximum Gasteiger partial charge on any atom is 0.294 e. The zero-order valence-corrected chi connectivity index (χ0v) is 34.6. The van der Waals surface area contributed by atoms with Crippen molar-refractivity contribution in [1.82, 2.24) is 10.6 Å². The Labute approximate surface area is 348 Å². The standard InChI is InChI=1S/C43H44N4O11S2/c1-27-8-20-38(59(52,53)54)31(24-27)6-4-22-44-40(48)29-10-15-34(16-11-29)46-42(50)33-14-19-36(37(26-33)58-3)43(51)47-35-17-12-30(13-18-35)41(49)45-23-5-7-32-25-28(2)9-21-39(32)60(55,56)57/h8-21,24-26H,4-7,22-23H2,1-3H3,(H,44,48)(H,45,49)(H,46,50)(H,47,51)(H,52,53,54)(H,55,56,57). The van der Waals surface area contributed by atoms with E-state index >= 15 is 0 Å². The summed E-state index contributed by atoms with van der Waals surface area (Å²) in [4.78, 5) is 51.4. The minimum absolute atomic E-state index is 0.133. The molecule has 4 amide bonds. The molecule has 17 heteroatoms. The number of hydrogen-bond donors (Lipinski definition) is 6. The van der Waals surface area contributed by atoms with Crippen molar-refractivity contribution >= 4 is 55.2 Å². The normalized spacial score (nSPS) is 11.3. The fourth-order valence-corrected chi connectivity index (χ4v) is 7.77. The van der Waals surface area contributed by atoms with Gasteiger partial charge in [-0.25, -0.2) is 0 Å². The Balaban J connectivity index is 1.09. The Hall–Kier alpha value is -6.40. The van der Waals surface area contributed by atoms with Crippen LogP contribution in [0.4, 0.5) is 11.4 Å². The average Bonchev–Trinajstić information content (AvgIpc) is 3.20. The van der Waals surface area contributed by atoms with Gasteiger partial charge in [0.25, 0.3) is 43.9 Å². The molecule has 0 aliphatic heterocycles. The maximum absolute atomic E-state index is 13.2.